The van der Waals surface area contributed by atoms with Crippen molar-refractivity contribution in [3.63, 3.8) is 0 Å². The van der Waals surface area contributed by atoms with Crippen LogP contribution in [-0.2, 0) is 5.54 Å². The number of benzene rings is 2. The Morgan fingerprint density at radius 3 is 1.65 bits per heavy atom. The van der Waals surface area contributed by atoms with Crippen LogP contribution >= 0.6 is 0 Å². The number of hydrogen-bond donors (Lipinski definition) is 0. The van der Waals surface area contributed by atoms with Gasteiger partial charge in [-0.25, -0.2) is 0 Å². The largest absolute Gasteiger partial charge is 0.281 e. The summed E-state index contributed by atoms with van der Waals surface area (Å²) in [5, 5.41) is 0. The van der Waals surface area contributed by atoms with Gasteiger partial charge in [0.2, 0.25) is 0 Å². The molecule has 0 amide bonds. The first-order valence-electron chi connectivity index (χ1n) is 7.30. The van der Waals surface area contributed by atoms with E-state index in [4.69, 9.17) is 4.99 Å². The summed E-state index contributed by atoms with van der Waals surface area (Å²) in [5.41, 5.74) is 2.57. The minimum absolute atomic E-state index is 0.201. The van der Waals surface area contributed by atoms with Gasteiger partial charge in [0.25, 0.3) is 0 Å². The normalized spacial score (nSPS) is 19.7. The molecule has 0 atom stereocenters. The lowest BCUT2D eigenvalue weighted by atomic mass is 9.73. The van der Waals surface area contributed by atoms with Crippen LogP contribution in [0.5, 0.6) is 0 Å². The Bertz CT molecular complexity index is 557. The highest BCUT2D eigenvalue weighted by molar-refractivity contribution is 5.68. The monoisotopic (exact) mass is 263 g/mol. The van der Waals surface area contributed by atoms with Crippen molar-refractivity contribution in [1.29, 1.82) is 0 Å². The Balaban J connectivity index is 2.15. The Morgan fingerprint density at radius 2 is 1.25 bits per heavy atom. The van der Waals surface area contributed by atoms with Crippen LogP contribution in [0.1, 0.15) is 37.8 Å². The zero-order valence-electron chi connectivity index (χ0n) is 12.2. The Morgan fingerprint density at radius 1 is 0.750 bits per heavy atom. The second-order valence-electron chi connectivity index (χ2n) is 6.34. The molecule has 1 heteroatoms. The molecule has 0 saturated heterocycles. The van der Waals surface area contributed by atoms with Gasteiger partial charge in [-0.2, -0.15) is 0 Å². The molecule has 3 rings (SSSR count). The van der Waals surface area contributed by atoms with Gasteiger partial charge >= 0.3 is 0 Å². The number of hydrogen-bond acceptors (Lipinski definition) is 1. The maximum atomic E-state index is 5.03. The van der Waals surface area contributed by atoms with Gasteiger partial charge in [-0.3, -0.25) is 4.99 Å². The predicted octanol–water partition coefficient (Wildman–Crippen LogP) is 4.82. The summed E-state index contributed by atoms with van der Waals surface area (Å²) in [6.07, 6.45) is 4.36. The van der Waals surface area contributed by atoms with Crippen LogP contribution in [-0.4, -0.2) is 6.21 Å². The molecule has 2 aromatic rings. The molecule has 0 N–H and O–H groups in total. The highest BCUT2D eigenvalue weighted by atomic mass is 14.9. The molecule has 0 aromatic heterocycles. The van der Waals surface area contributed by atoms with Crippen LogP contribution in [0.4, 0.5) is 0 Å². The Kier molecular flexibility index (Phi) is 3.21. The number of rotatable bonds is 2. The van der Waals surface area contributed by atoms with Gasteiger partial charge < -0.3 is 0 Å². The fraction of sp³-hybridized carbons (Fsp3) is 0.316. The molecule has 0 fully saturated rings. The molecule has 0 aliphatic carbocycles. The van der Waals surface area contributed by atoms with Crippen molar-refractivity contribution < 1.29 is 0 Å². The summed E-state index contributed by atoms with van der Waals surface area (Å²) in [4.78, 5) is 5.03. The molecular weight excluding hydrogens is 242 g/mol. The average molecular weight is 263 g/mol. The molecule has 1 aliphatic heterocycles. The highest BCUT2D eigenvalue weighted by Crippen LogP contribution is 2.44. The standard InChI is InChI=1S/C19H21N/c1-18(2)13-14-19(20-15-18,16-9-5-3-6-10-16)17-11-7-4-8-12-17/h3-12,15H,13-14H2,1-2H3. The summed E-state index contributed by atoms with van der Waals surface area (Å²) < 4.78 is 0. The van der Waals surface area contributed by atoms with Crippen molar-refractivity contribution in [2.24, 2.45) is 10.4 Å². The molecular formula is C19H21N. The van der Waals surface area contributed by atoms with Crippen molar-refractivity contribution in [2.75, 3.05) is 0 Å². The molecule has 0 unspecified atom stereocenters. The lowest BCUT2D eigenvalue weighted by Gasteiger charge is -2.38. The van der Waals surface area contributed by atoms with Gasteiger partial charge in [0, 0.05) is 6.21 Å². The van der Waals surface area contributed by atoms with Gasteiger partial charge in [-0.05, 0) is 29.4 Å². The lowest BCUT2D eigenvalue weighted by molar-refractivity contribution is 0.353. The smallest absolute Gasteiger partial charge is 0.110 e. The Hall–Kier alpha value is -1.89. The van der Waals surface area contributed by atoms with Crippen molar-refractivity contribution in [3.05, 3.63) is 71.8 Å². The van der Waals surface area contributed by atoms with Crippen molar-refractivity contribution in [2.45, 2.75) is 32.2 Å². The molecule has 0 saturated carbocycles. The van der Waals surface area contributed by atoms with Crippen LogP contribution in [0.25, 0.3) is 0 Å². The summed E-state index contributed by atoms with van der Waals surface area (Å²) >= 11 is 0. The molecule has 1 nitrogen and oxygen atoms in total. The quantitative estimate of drug-likeness (QED) is 0.736. The van der Waals surface area contributed by atoms with Gasteiger partial charge in [0.15, 0.2) is 0 Å². The maximum absolute atomic E-state index is 5.03. The summed E-state index contributed by atoms with van der Waals surface area (Å²) in [6, 6.07) is 21.4. The molecule has 0 spiro atoms. The summed E-state index contributed by atoms with van der Waals surface area (Å²) in [6.45, 7) is 4.52. The van der Waals surface area contributed by atoms with E-state index in [1.165, 1.54) is 11.1 Å². The highest BCUT2D eigenvalue weighted by Gasteiger charge is 2.38. The minimum Gasteiger partial charge on any atom is -0.281 e. The van der Waals surface area contributed by atoms with E-state index in [9.17, 15) is 0 Å². The van der Waals surface area contributed by atoms with Gasteiger partial charge in [-0.1, -0.05) is 74.5 Å². The first kappa shape index (κ1) is 13.1. The topological polar surface area (TPSA) is 12.4 Å². The minimum atomic E-state index is -0.210. The lowest BCUT2D eigenvalue weighted by Crippen LogP contribution is -2.33. The summed E-state index contributed by atoms with van der Waals surface area (Å²) in [7, 11) is 0. The van der Waals surface area contributed by atoms with E-state index >= 15 is 0 Å². The zero-order chi connectivity index (χ0) is 14.1. The van der Waals surface area contributed by atoms with E-state index in [-0.39, 0.29) is 11.0 Å². The van der Waals surface area contributed by atoms with E-state index in [1.54, 1.807) is 0 Å². The van der Waals surface area contributed by atoms with Crippen LogP contribution in [0.2, 0.25) is 0 Å². The van der Waals surface area contributed by atoms with Crippen molar-refractivity contribution in [3.8, 4) is 0 Å². The number of nitrogens with zero attached hydrogens (tertiary/aromatic N) is 1. The maximum Gasteiger partial charge on any atom is 0.110 e. The first-order chi connectivity index (χ1) is 9.62. The molecule has 102 valence electrons. The predicted molar refractivity (Wildman–Crippen MR) is 85.2 cm³/mol. The average Bonchev–Trinajstić information content (AvgIpc) is 2.50. The third-order valence-corrected chi connectivity index (χ3v) is 4.27. The Labute approximate surface area is 121 Å². The third kappa shape index (κ3) is 2.29. The van der Waals surface area contributed by atoms with E-state index in [1.807, 2.05) is 0 Å². The third-order valence-electron chi connectivity index (χ3n) is 4.27. The molecule has 1 aliphatic rings. The van der Waals surface area contributed by atoms with E-state index in [0.717, 1.165) is 12.8 Å². The van der Waals surface area contributed by atoms with Crippen LogP contribution < -0.4 is 0 Å². The zero-order valence-corrected chi connectivity index (χ0v) is 12.2. The summed E-state index contributed by atoms with van der Waals surface area (Å²) in [5.74, 6) is 0. The molecule has 1 heterocycles. The van der Waals surface area contributed by atoms with Crippen molar-refractivity contribution in [1.82, 2.24) is 0 Å². The van der Waals surface area contributed by atoms with E-state index in [2.05, 4.69) is 80.7 Å². The molecule has 2 aromatic carbocycles. The van der Waals surface area contributed by atoms with Crippen LogP contribution in [0.3, 0.4) is 0 Å². The van der Waals surface area contributed by atoms with Gasteiger partial charge in [-0.15, -0.1) is 0 Å². The fourth-order valence-corrected chi connectivity index (χ4v) is 2.95. The SMILES string of the molecule is CC1(C)C=NC(c2ccccc2)(c2ccccc2)CC1. The number of aliphatic imine (C=N–C) groups is 1. The first-order valence-corrected chi connectivity index (χ1v) is 7.30. The molecule has 0 radical (unpaired) electrons. The van der Waals surface area contributed by atoms with Crippen LogP contribution in [0, 0.1) is 5.41 Å². The second kappa shape index (κ2) is 4.90. The van der Waals surface area contributed by atoms with Gasteiger partial charge in [0.05, 0.1) is 0 Å². The van der Waals surface area contributed by atoms with E-state index < -0.39 is 0 Å². The molecule has 0 bridgehead atoms. The van der Waals surface area contributed by atoms with E-state index in [0.29, 0.717) is 0 Å². The van der Waals surface area contributed by atoms with Crippen LogP contribution in [0.15, 0.2) is 65.7 Å². The van der Waals surface area contributed by atoms with Gasteiger partial charge in [0.1, 0.15) is 5.54 Å². The van der Waals surface area contributed by atoms with Crippen molar-refractivity contribution >= 4 is 6.21 Å². The molecule has 20 heavy (non-hydrogen) atoms. The second-order valence-corrected chi connectivity index (χ2v) is 6.34. The fourth-order valence-electron chi connectivity index (χ4n) is 2.95.